The molecule has 0 aliphatic heterocycles. The second kappa shape index (κ2) is 5.85. The summed E-state index contributed by atoms with van der Waals surface area (Å²) in [6.45, 7) is 1.28. The SMILES string of the molecule is Cn1ccnc1COc1ccc(CNC2CC2)cc1Cl. The van der Waals surface area contributed by atoms with Gasteiger partial charge < -0.3 is 14.6 Å². The van der Waals surface area contributed by atoms with Crippen LogP contribution in [0.25, 0.3) is 0 Å². The largest absolute Gasteiger partial charge is 0.484 e. The molecule has 0 radical (unpaired) electrons. The van der Waals surface area contributed by atoms with Crippen LogP contribution in [0, 0.1) is 0 Å². The molecule has 106 valence electrons. The van der Waals surface area contributed by atoms with E-state index in [1.807, 2.05) is 29.9 Å². The minimum Gasteiger partial charge on any atom is -0.484 e. The van der Waals surface area contributed by atoms with Crippen LogP contribution in [0.1, 0.15) is 24.2 Å². The number of ether oxygens (including phenoxy) is 1. The molecule has 0 spiro atoms. The lowest BCUT2D eigenvalue weighted by Gasteiger charge is -2.10. The number of imidazole rings is 1. The Morgan fingerprint density at radius 2 is 2.30 bits per heavy atom. The lowest BCUT2D eigenvalue weighted by atomic mass is 10.2. The molecule has 20 heavy (non-hydrogen) atoms. The molecule has 5 heteroatoms. The molecule has 0 atom stereocenters. The molecule has 1 heterocycles. The molecular formula is C15H18ClN3O. The third kappa shape index (κ3) is 3.32. The molecule has 1 aromatic heterocycles. The van der Waals surface area contributed by atoms with Crippen molar-refractivity contribution in [1.29, 1.82) is 0 Å². The van der Waals surface area contributed by atoms with Gasteiger partial charge in [0, 0.05) is 32.0 Å². The number of halogens is 1. The van der Waals surface area contributed by atoms with Gasteiger partial charge in [-0.2, -0.15) is 0 Å². The third-order valence-corrected chi connectivity index (χ3v) is 3.74. The Labute approximate surface area is 123 Å². The van der Waals surface area contributed by atoms with Gasteiger partial charge in [0.2, 0.25) is 0 Å². The van der Waals surface area contributed by atoms with E-state index in [9.17, 15) is 0 Å². The predicted octanol–water partition coefficient (Wildman–Crippen LogP) is 2.90. The topological polar surface area (TPSA) is 39.1 Å². The molecule has 1 N–H and O–H groups in total. The minimum absolute atomic E-state index is 0.420. The average molecular weight is 292 g/mol. The van der Waals surface area contributed by atoms with E-state index in [1.165, 1.54) is 18.4 Å². The number of hydrogen-bond acceptors (Lipinski definition) is 3. The average Bonchev–Trinajstić information content (AvgIpc) is 3.18. The van der Waals surface area contributed by atoms with E-state index in [4.69, 9.17) is 16.3 Å². The second-order valence-electron chi connectivity index (χ2n) is 5.16. The number of aryl methyl sites for hydroxylation is 1. The lowest BCUT2D eigenvalue weighted by Crippen LogP contribution is -2.15. The molecule has 0 saturated heterocycles. The van der Waals surface area contributed by atoms with Crippen LogP contribution in [-0.4, -0.2) is 15.6 Å². The minimum atomic E-state index is 0.420. The predicted molar refractivity (Wildman–Crippen MR) is 78.9 cm³/mol. The Bertz CT molecular complexity index is 593. The molecule has 3 rings (SSSR count). The zero-order valence-corrected chi connectivity index (χ0v) is 12.2. The number of hydrogen-bond donors (Lipinski definition) is 1. The highest BCUT2D eigenvalue weighted by Crippen LogP contribution is 2.27. The van der Waals surface area contributed by atoms with Gasteiger partial charge in [-0.15, -0.1) is 0 Å². The van der Waals surface area contributed by atoms with Gasteiger partial charge in [0.1, 0.15) is 18.2 Å². The molecule has 1 aliphatic rings. The molecule has 1 aliphatic carbocycles. The highest BCUT2D eigenvalue weighted by atomic mass is 35.5. The van der Waals surface area contributed by atoms with Crippen molar-refractivity contribution in [2.75, 3.05) is 0 Å². The maximum Gasteiger partial charge on any atom is 0.146 e. The van der Waals surface area contributed by atoms with Gasteiger partial charge in [0.25, 0.3) is 0 Å². The summed E-state index contributed by atoms with van der Waals surface area (Å²) >= 11 is 6.26. The Morgan fingerprint density at radius 3 is 2.95 bits per heavy atom. The number of nitrogens with one attached hydrogen (secondary N) is 1. The summed E-state index contributed by atoms with van der Waals surface area (Å²) in [5.74, 6) is 1.57. The number of nitrogens with zero attached hydrogens (tertiary/aromatic N) is 2. The van der Waals surface area contributed by atoms with Gasteiger partial charge in [-0.1, -0.05) is 17.7 Å². The zero-order chi connectivity index (χ0) is 13.9. The first-order valence-electron chi connectivity index (χ1n) is 6.83. The fourth-order valence-corrected chi connectivity index (χ4v) is 2.26. The molecule has 1 fully saturated rings. The fourth-order valence-electron chi connectivity index (χ4n) is 2.00. The molecule has 1 saturated carbocycles. The molecular weight excluding hydrogens is 274 g/mol. The first-order valence-corrected chi connectivity index (χ1v) is 7.21. The highest BCUT2D eigenvalue weighted by molar-refractivity contribution is 6.32. The second-order valence-corrected chi connectivity index (χ2v) is 5.57. The molecule has 0 unspecified atom stereocenters. The van der Waals surface area contributed by atoms with Crippen molar-refractivity contribution in [2.24, 2.45) is 7.05 Å². The van der Waals surface area contributed by atoms with Crippen LogP contribution >= 0.6 is 11.6 Å². The van der Waals surface area contributed by atoms with Crippen LogP contribution in [0.5, 0.6) is 5.75 Å². The van der Waals surface area contributed by atoms with Crippen LogP contribution in [0.2, 0.25) is 5.02 Å². The molecule has 1 aromatic carbocycles. The van der Waals surface area contributed by atoms with Crippen molar-refractivity contribution in [3.8, 4) is 5.75 Å². The summed E-state index contributed by atoms with van der Waals surface area (Å²) in [5.41, 5.74) is 1.19. The standard InChI is InChI=1S/C15H18ClN3O/c1-19-7-6-17-15(19)10-20-14-5-2-11(8-13(14)16)9-18-12-3-4-12/h2,5-8,12,18H,3-4,9-10H2,1H3. The summed E-state index contributed by atoms with van der Waals surface area (Å²) in [7, 11) is 1.94. The van der Waals surface area contributed by atoms with E-state index in [-0.39, 0.29) is 0 Å². The van der Waals surface area contributed by atoms with Gasteiger partial charge in [-0.25, -0.2) is 4.98 Å². The Kier molecular flexibility index (Phi) is 3.94. The van der Waals surface area contributed by atoms with Gasteiger partial charge in [0.15, 0.2) is 0 Å². The highest BCUT2D eigenvalue weighted by Gasteiger charge is 2.20. The maximum absolute atomic E-state index is 6.26. The number of rotatable bonds is 6. The van der Waals surface area contributed by atoms with E-state index < -0.39 is 0 Å². The molecule has 4 nitrogen and oxygen atoms in total. The van der Waals surface area contributed by atoms with E-state index in [1.54, 1.807) is 6.20 Å². The Balaban J connectivity index is 1.60. The quantitative estimate of drug-likeness (QED) is 0.889. The normalized spacial score (nSPS) is 14.5. The van der Waals surface area contributed by atoms with Crippen LogP contribution in [0.3, 0.4) is 0 Å². The summed E-state index contributed by atoms with van der Waals surface area (Å²) in [6.07, 6.45) is 6.23. The van der Waals surface area contributed by atoms with E-state index in [2.05, 4.69) is 16.4 Å². The first kappa shape index (κ1) is 13.5. The van der Waals surface area contributed by atoms with Crippen LogP contribution in [-0.2, 0) is 20.2 Å². The van der Waals surface area contributed by atoms with E-state index in [0.29, 0.717) is 23.4 Å². The fraction of sp³-hybridized carbons (Fsp3) is 0.400. The monoisotopic (exact) mass is 291 g/mol. The van der Waals surface area contributed by atoms with Crippen LogP contribution in [0.4, 0.5) is 0 Å². The first-order chi connectivity index (χ1) is 9.72. The summed E-state index contributed by atoms with van der Waals surface area (Å²) in [4.78, 5) is 4.22. The maximum atomic E-state index is 6.26. The van der Waals surface area contributed by atoms with Crippen LogP contribution < -0.4 is 10.1 Å². The van der Waals surface area contributed by atoms with E-state index in [0.717, 1.165) is 12.4 Å². The van der Waals surface area contributed by atoms with Gasteiger partial charge in [-0.05, 0) is 30.5 Å². The summed E-state index contributed by atoms with van der Waals surface area (Å²) in [5, 5.41) is 4.12. The van der Waals surface area contributed by atoms with Crippen molar-refractivity contribution in [2.45, 2.75) is 32.0 Å². The summed E-state index contributed by atoms with van der Waals surface area (Å²) in [6, 6.07) is 6.64. The molecule has 0 bridgehead atoms. The smallest absolute Gasteiger partial charge is 0.146 e. The van der Waals surface area contributed by atoms with Crippen molar-refractivity contribution in [1.82, 2.24) is 14.9 Å². The van der Waals surface area contributed by atoms with Crippen molar-refractivity contribution in [3.63, 3.8) is 0 Å². The molecule has 0 amide bonds. The number of aromatic nitrogens is 2. The van der Waals surface area contributed by atoms with Crippen molar-refractivity contribution in [3.05, 3.63) is 47.0 Å². The van der Waals surface area contributed by atoms with Crippen LogP contribution in [0.15, 0.2) is 30.6 Å². The van der Waals surface area contributed by atoms with Gasteiger partial charge in [-0.3, -0.25) is 0 Å². The number of benzene rings is 1. The van der Waals surface area contributed by atoms with Crippen molar-refractivity contribution >= 4 is 11.6 Å². The zero-order valence-electron chi connectivity index (χ0n) is 11.5. The van der Waals surface area contributed by atoms with Gasteiger partial charge in [0.05, 0.1) is 5.02 Å². The third-order valence-electron chi connectivity index (χ3n) is 3.45. The Hall–Kier alpha value is -1.52. The molecule has 2 aromatic rings. The Morgan fingerprint density at radius 1 is 1.45 bits per heavy atom. The lowest BCUT2D eigenvalue weighted by molar-refractivity contribution is 0.292. The van der Waals surface area contributed by atoms with E-state index >= 15 is 0 Å². The van der Waals surface area contributed by atoms with Crippen molar-refractivity contribution < 1.29 is 4.74 Å². The van der Waals surface area contributed by atoms with Gasteiger partial charge >= 0.3 is 0 Å². The summed E-state index contributed by atoms with van der Waals surface area (Å²) < 4.78 is 7.65.